The molecule has 1 aliphatic heterocycles. The molecule has 1 N–H and O–H groups in total. The SMILES string of the molecule is CN(C)Cc1ccc(NC(=O)C2CCCN(C(=O)Cc3ccccc3)C2)cc1. The summed E-state index contributed by atoms with van der Waals surface area (Å²) >= 11 is 0. The van der Waals surface area contributed by atoms with Crippen molar-refractivity contribution in [2.45, 2.75) is 25.8 Å². The van der Waals surface area contributed by atoms with Crippen LogP contribution in [0.4, 0.5) is 5.69 Å². The Bertz CT molecular complexity index is 787. The minimum absolute atomic E-state index is 0.00225. The first-order valence-corrected chi connectivity index (χ1v) is 9.87. The van der Waals surface area contributed by atoms with E-state index < -0.39 is 0 Å². The second kappa shape index (κ2) is 9.51. The smallest absolute Gasteiger partial charge is 0.229 e. The number of hydrogen-bond donors (Lipinski definition) is 1. The van der Waals surface area contributed by atoms with Crippen LogP contribution >= 0.6 is 0 Å². The van der Waals surface area contributed by atoms with Gasteiger partial charge in [0.15, 0.2) is 0 Å². The summed E-state index contributed by atoms with van der Waals surface area (Å²) in [4.78, 5) is 29.3. The Kier molecular flexibility index (Phi) is 6.82. The zero-order chi connectivity index (χ0) is 19.9. The molecule has 2 aromatic carbocycles. The molecule has 0 spiro atoms. The van der Waals surface area contributed by atoms with Crippen molar-refractivity contribution in [2.75, 3.05) is 32.5 Å². The minimum atomic E-state index is -0.157. The molecule has 3 rings (SSSR count). The number of benzene rings is 2. The third kappa shape index (κ3) is 5.67. The second-order valence-corrected chi connectivity index (χ2v) is 7.77. The number of piperidine rings is 1. The highest BCUT2D eigenvalue weighted by Crippen LogP contribution is 2.20. The van der Waals surface area contributed by atoms with Gasteiger partial charge in [-0.05, 0) is 50.2 Å². The van der Waals surface area contributed by atoms with Gasteiger partial charge < -0.3 is 15.1 Å². The Hall–Kier alpha value is -2.66. The third-order valence-corrected chi connectivity index (χ3v) is 5.06. The average Bonchev–Trinajstić information content (AvgIpc) is 2.70. The Labute approximate surface area is 167 Å². The predicted octanol–water partition coefficient (Wildman–Crippen LogP) is 3.17. The van der Waals surface area contributed by atoms with E-state index in [0.29, 0.717) is 13.0 Å². The van der Waals surface area contributed by atoms with Gasteiger partial charge >= 0.3 is 0 Å². The minimum Gasteiger partial charge on any atom is -0.342 e. The molecule has 2 aromatic rings. The molecular formula is C23H29N3O2. The largest absolute Gasteiger partial charge is 0.342 e. The summed E-state index contributed by atoms with van der Waals surface area (Å²) < 4.78 is 0. The molecule has 0 radical (unpaired) electrons. The summed E-state index contributed by atoms with van der Waals surface area (Å²) in [5.41, 5.74) is 3.02. The van der Waals surface area contributed by atoms with Crippen LogP contribution in [0.3, 0.4) is 0 Å². The van der Waals surface area contributed by atoms with E-state index >= 15 is 0 Å². The van der Waals surface area contributed by atoms with E-state index in [1.807, 2.05) is 73.6 Å². The lowest BCUT2D eigenvalue weighted by Crippen LogP contribution is -2.44. The van der Waals surface area contributed by atoms with Gasteiger partial charge in [-0.15, -0.1) is 0 Å². The molecule has 2 amide bonds. The first kappa shape index (κ1) is 20.1. The Morgan fingerprint density at radius 1 is 1.04 bits per heavy atom. The van der Waals surface area contributed by atoms with Gasteiger partial charge in [0.25, 0.3) is 0 Å². The van der Waals surface area contributed by atoms with Crippen LogP contribution in [-0.2, 0) is 22.6 Å². The molecule has 28 heavy (non-hydrogen) atoms. The molecule has 0 aliphatic carbocycles. The average molecular weight is 380 g/mol. The molecular weight excluding hydrogens is 350 g/mol. The molecule has 1 heterocycles. The van der Waals surface area contributed by atoms with Crippen LogP contribution < -0.4 is 5.32 Å². The van der Waals surface area contributed by atoms with Crippen molar-refractivity contribution in [1.82, 2.24) is 9.80 Å². The Morgan fingerprint density at radius 2 is 1.75 bits per heavy atom. The van der Waals surface area contributed by atoms with Crippen molar-refractivity contribution in [3.05, 3.63) is 65.7 Å². The summed E-state index contributed by atoms with van der Waals surface area (Å²) in [5.74, 6) is -0.0655. The maximum Gasteiger partial charge on any atom is 0.229 e. The highest BCUT2D eigenvalue weighted by molar-refractivity contribution is 5.93. The maximum absolute atomic E-state index is 12.7. The number of nitrogens with zero attached hydrogens (tertiary/aromatic N) is 2. The number of amides is 2. The number of likely N-dealkylation sites (tertiary alicyclic amines) is 1. The predicted molar refractivity (Wildman–Crippen MR) is 112 cm³/mol. The van der Waals surface area contributed by atoms with E-state index in [2.05, 4.69) is 10.2 Å². The summed E-state index contributed by atoms with van der Waals surface area (Å²) in [7, 11) is 4.06. The van der Waals surface area contributed by atoms with Crippen LogP contribution in [0.2, 0.25) is 0 Å². The molecule has 1 saturated heterocycles. The molecule has 1 unspecified atom stereocenters. The third-order valence-electron chi connectivity index (χ3n) is 5.06. The van der Waals surface area contributed by atoms with Gasteiger partial charge in [-0.25, -0.2) is 0 Å². The molecule has 148 valence electrons. The number of anilines is 1. The number of carbonyl (C=O) groups is 2. The summed E-state index contributed by atoms with van der Waals surface area (Å²) in [5, 5.41) is 3.01. The summed E-state index contributed by atoms with van der Waals surface area (Å²) in [6.45, 7) is 2.10. The highest BCUT2D eigenvalue weighted by Gasteiger charge is 2.28. The zero-order valence-corrected chi connectivity index (χ0v) is 16.7. The maximum atomic E-state index is 12.7. The number of rotatable bonds is 6. The Balaban J connectivity index is 1.54. The van der Waals surface area contributed by atoms with Crippen molar-refractivity contribution in [2.24, 2.45) is 5.92 Å². The van der Waals surface area contributed by atoms with Crippen LogP contribution in [-0.4, -0.2) is 48.8 Å². The Morgan fingerprint density at radius 3 is 2.43 bits per heavy atom. The molecule has 0 saturated carbocycles. The standard InChI is InChI=1S/C23H29N3O2/c1-25(2)16-19-10-12-21(13-11-19)24-23(28)20-9-6-14-26(17-20)22(27)15-18-7-4-3-5-8-18/h3-5,7-8,10-13,20H,6,9,14-17H2,1-2H3,(H,24,28). The molecule has 1 atom stereocenters. The lowest BCUT2D eigenvalue weighted by atomic mass is 9.96. The fourth-order valence-electron chi connectivity index (χ4n) is 3.60. The fourth-order valence-corrected chi connectivity index (χ4v) is 3.60. The molecule has 1 aliphatic rings. The first-order chi connectivity index (χ1) is 13.5. The van der Waals surface area contributed by atoms with Crippen LogP contribution in [0.15, 0.2) is 54.6 Å². The van der Waals surface area contributed by atoms with Crippen LogP contribution in [0.25, 0.3) is 0 Å². The molecule has 0 bridgehead atoms. The number of hydrogen-bond acceptors (Lipinski definition) is 3. The first-order valence-electron chi connectivity index (χ1n) is 9.87. The lowest BCUT2D eigenvalue weighted by molar-refractivity contribution is -0.133. The van der Waals surface area contributed by atoms with Crippen molar-refractivity contribution < 1.29 is 9.59 Å². The van der Waals surface area contributed by atoms with E-state index in [1.165, 1.54) is 5.56 Å². The van der Waals surface area contributed by atoms with Crippen molar-refractivity contribution in [3.63, 3.8) is 0 Å². The van der Waals surface area contributed by atoms with Gasteiger partial charge in [-0.2, -0.15) is 0 Å². The lowest BCUT2D eigenvalue weighted by Gasteiger charge is -2.32. The van der Waals surface area contributed by atoms with Gasteiger partial charge in [-0.1, -0.05) is 42.5 Å². The molecule has 5 nitrogen and oxygen atoms in total. The van der Waals surface area contributed by atoms with E-state index in [-0.39, 0.29) is 17.7 Å². The van der Waals surface area contributed by atoms with Crippen LogP contribution in [0, 0.1) is 5.92 Å². The van der Waals surface area contributed by atoms with E-state index in [0.717, 1.165) is 37.2 Å². The van der Waals surface area contributed by atoms with Gasteiger partial charge in [-0.3, -0.25) is 9.59 Å². The summed E-state index contributed by atoms with van der Waals surface area (Å²) in [6, 6.07) is 17.7. The van der Waals surface area contributed by atoms with Crippen molar-refractivity contribution in [3.8, 4) is 0 Å². The second-order valence-electron chi connectivity index (χ2n) is 7.77. The fraction of sp³-hybridized carbons (Fsp3) is 0.391. The van der Waals surface area contributed by atoms with Crippen LogP contribution in [0.5, 0.6) is 0 Å². The van der Waals surface area contributed by atoms with Crippen molar-refractivity contribution in [1.29, 1.82) is 0 Å². The zero-order valence-electron chi connectivity index (χ0n) is 16.7. The topological polar surface area (TPSA) is 52.7 Å². The van der Waals surface area contributed by atoms with Crippen molar-refractivity contribution >= 4 is 17.5 Å². The highest BCUT2D eigenvalue weighted by atomic mass is 16.2. The quantitative estimate of drug-likeness (QED) is 0.839. The van der Waals surface area contributed by atoms with Gasteiger partial charge in [0.2, 0.25) is 11.8 Å². The molecule has 5 heteroatoms. The van der Waals surface area contributed by atoms with Crippen LogP contribution in [0.1, 0.15) is 24.0 Å². The van der Waals surface area contributed by atoms with Gasteiger partial charge in [0, 0.05) is 25.3 Å². The normalized spacial score (nSPS) is 16.8. The van der Waals surface area contributed by atoms with E-state index in [9.17, 15) is 9.59 Å². The number of nitrogens with one attached hydrogen (secondary N) is 1. The van der Waals surface area contributed by atoms with E-state index in [4.69, 9.17) is 0 Å². The van der Waals surface area contributed by atoms with Gasteiger partial charge in [0.1, 0.15) is 0 Å². The summed E-state index contributed by atoms with van der Waals surface area (Å²) in [6.07, 6.45) is 2.07. The molecule has 0 aromatic heterocycles. The van der Waals surface area contributed by atoms with E-state index in [1.54, 1.807) is 0 Å². The molecule has 1 fully saturated rings. The monoisotopic (exact) mass is 379 g/mol. The number of carbonyl (C=O) groups excluding carboxylic acids is 2. The van der Waals surface area contributed by atoms with Gasteiger partial charge in [0.05, 0.1) is 12.3 Å².